The van der Waals surface area contributed by atoms with Crippen molar-refractivity contribution in [2.45, 2.75) is 44.3 Å². The lowest BCUT2D eigenvalue weighted by Crippen LogP contribution is -2.25. The number of halogens is 3. The quantitative estimate of drug-likeness (QED) is 0.804. The van der Waals surface area contributed by atoms with Gasteiger partial charge in [0.2, 0.25) is 0 Å². The highest BCUT2D eigenvalue weighted by atomic mass is 32.2. The smallest absolute Gasteiger partial charge is 0.314 e. The van der Waals surface area contributed by atoms with E-state index in [0.29, 0.717) is 6.42 Å². The molecule has 1 N–H and O–H groups in total. The Morgan fingerprint density at radius 3 is 2.47 bits per heavy atom. The van der Waals surface area contributed by atoms with Crippen molar-refractivity contribution in [1.82, 2.24) is 5.32 Å². The molecule has 0 radical (unpaired) electrons. The lowest BCUT2D eigenvalue weighted by atomic mass is 10.2. The number of hydrogen-bond acceptors (Lipinski definition) is 3. The summed E-state index contributed by atoms with van der Waals surface area (Å²) in [6.07, 6.45) is -3.11. The molecular formula is C10H18F3NO2S. The van der Waals surface area contributed by atoms with Gasteiger partial charge < -0.3 is 5.32 Å². The van der Waals surface area contributed by atoms with E-state index in [1.165, 1.54) is 0 Å². The molecule has 102 valence electrons. The molecule has 0 amide bonds. The summed E-state index contributed by atoms with van der Waals surface area (Å²) in [7, 11) is -3.33. The van der Waals surface area contributed by atoms with Crippen molar-refractivity contribution in [3.8, 4) is 0 Å². The van der Waals surface area contributed by atoms with E-state index in [-0.39, 0.29) is 24.0 Å². The minimum atomic E-state index is -4.26. The maximum atomic E-state index is 11.9. The molecule has 1 saturated heterocycles. The van der Waals surface area contributed by atoms with Gasteiger partial charge in [-0.15, -0.1) is 0 Å². The fourth-order valence-electron chi connectivity index (χ4n) is 1.92. The third-order valence-corrected chi connectivity index (χ3v) is 4.62. The molecule has 0 aliphatic carbocycles. The maximum absolute atomic E-state index is 11.9. The minimum Gasteiger partial charge on any atom is -0.314 e. The average Bonchev–Trinajstić information content (AvgIpc) is 2.64. The number of hydrogen-bond donors (Lipinski definition) is 1. The molecule has 1 fully saturated rings. The van der Waals surface area contributed by atoms with E-state index in [2.05, 4.69) is 5.32 Å². The Morgan fingerprint density at radius 1 is 1.24 bits per heavy atom. The molecule has 3 nitrogen and oxygen atoms in total. The Hall–Kier alpha value is -0.300. The second-order valence-electron chi connectivity index (χ2n) is 4.45. The molecule has 1 atom stereocenters. The van der Waals surface area contributed by atoms with Gasteiger partial charge in [0.1, 0.15) is 9.84 Å². The Labute approximate surface area is 99.7 Å². The van der Waals surface area contributed by atoms with E-state index in [1.807, 2.05) is 0 Å². The first kappa shape index (κ1) is 14.8. The molecule has 0 aromatic heterocycles. The highest BCUT2D eigenvalue weighted by Gasteiger charge is 2.27. The second-order valence-corrected chi connectivity index (χ2v) is 6.76. The van der Waals surface area contributed by atoms with E-state index < -0.39 is 22.4 Å². The number of alkyl halides is 3. The summed E-state index contributed by atoms with van der Waals surface area (Å²) in [5.74, 6) is -0.373. The number of sulfone groups is 1. The first-order chi connectivity index (χ1) is 7.79. The van der Waals surface area contributed by atoms with Crippen molar-refractivity contribution in [3.05, 3.63) is 0 Å². The molecular weight excluding hydrogens is 255 g/mol. The summed E-state index contributed by atoms with van der Waals surface area (Å²) in [6.45, 7) is 0.902. The van der Waals surface area contributed by atoms with Crippen molar-refractivity contribution in [2.75, 3.05) is 18.1 Å². The summed E-state index contributed by atoms with van der Waals surface area (Å²) in [4.78, 5) is 0. The normalized spacial score (nSPS) is 21.9. The molecule has 0 saturated carbocycles. The Balaban J connectivity index is 2.21. The minimum absolute atomic E-state index is 0.0114. The molecule has 17 heavy (non-hydrogen) atoms. The molecule has 0 unspecified atom stereocenters. The lowest BCUT2D eigenvalue weighted by Gasteiger charge is -2.10. The van der Waals surface area contributed by atoms with Crippen LogP contribution in [0, 0.1) is 0 Å². The van der Waals surface area contributed by atoms with Gasteiger partial charge in [-0.1, -0.05) is 0 Å². The van der Waals surface area contributed by atoms with Crippen LogP contribution in [0.2, 0.25) is 0 Å². The predicted molar refractivity (Wildman–Crippen MR) is 59.6 cm³/mol. The van der Waals surface area contributed by atoms with Gasteiger partial charge in [0.05, 0.1) is 11.5 Å². The average molecular weight is 273 g/mol. The molecule has 0 spiro atoms. The molecule has 0 bridgehead atoms. The van der Waals surface area contributed by atoms with Gasteiger partial charge >= 0.3 is 6.18 Å². The lowest BCUT2D eigenvalue weighted by molar-refractivity contribution is -0.134. The zero-order chi connectivity index (χ0) is 12.9. The van der Waals surface area contributed by atoms with Crippen molar-refractivity contribution in [2.24, 2.45) is 0 Å². The monoisotopic (exact) mass is 273 g/mol. The van der Waals surface area contributed by atoms with Crippen LogP contribution in [0.25, 0.3) is 0 Å². The van der Waals surface area contributed by atoms with Crippen LogP contribution in [0.15, 0.2) is 0 Å². The van der Waals surface area contributed by atoms with E-state index in [1.54, 1.807) is 0 Å². The first-order valence-electron chi connectivity index (χ1n) is 5.79. The zero-order valence-electron chi connectivity index (χ0n) is 9.59. The largest absolute Gasteiger partial charge is 0.389 e. The van der Waals surface area contributed by atoms with E-state index >= 15 is 0 Å². The van der Waals surface area contributed by atoms with Crippen LogP contribution in [-0.4, -0.2) is 38.7 Å². The molecule has 1 aliphatic heterocycles. The first-order valence-corrected chi connectivity index (χ1v) is 7.61. The van der Waals surface area contributed by atoms with Crippen LogP contribution in [0.3, 0.4) is 0 Å². The van der Waals surface area contributed by atoms with Crippen LogP contribution in [0.1, 0.15) is 32.1 Å². The fraction of sp³-hybridized carbons (Fsp3) is 1.00. The van der Waals surface area contributed by atoms with Crippen LogP contribution in [0.5, 0.6) is 0 Å². The van der Waals surface area contributed by atoms with Gasteiger partial charge in [-0.3, -0.25) is 0 Å². The van der Waals surface area contributed by atoms with Gasteiger partial charge in [0.15, 0.2) is 0 Å². The highest BCUT2D eigenvalue weighted by Crippen LogP contribution is 2.21. The van der Waals surface area contributed by atoms with Crippen LogP contribution in [0.4, 0.5) is 13.2 Å². The van der Waals surface area contributed by atoms with Gasteiger partial charge in [-0.25, -0.2) is 8.42 Å². The third kappa shape index (κ3) is 6.88. The summed E-state index contributed by atoms with van der Waals surface area (Å²) >= 11 is 0. The molecule has 0 aromatic rings. The standard InChI is InChI=1S/C10H18F3NO2S/c11-10(12,13)5-2-7-17(15,16)8-4-9-3-1-6-14-9/h9,14H,1-8H2/t9-/m0/s1. The number of nitrogens with one attached hydrogen (secondary N) is 1. The molecule has 1 aliphatic rings. The van der Waals surface area contributed by atoms with Crippen molar-refractivity contribution in [3.63, 3.8) is 0 Å². The zero-order valence-corrected chi connectivity index (χ0v) is 10.4. The van der Waals surface area contributed by atoms with E-state index in [4.69, 9.17) is 0 Å². The summed E-state index contributed by atoms with van der Waals surface area (Å²) in [5.41, 5.74) is 0. The predicted octanol–water partition coefficient (Wildman–Crippen LogP) is 1.89. The number of rotatable bonds is 6. The Bertz CT molecular complexity index is 321. The second kappa shape index (κ2) is 6.04. The van der Waals surface area contributed by atoms with E-state index in [0.717, 1.165) is 19.4 Å². The molecule has 0 aromatic carbocycles. The van der Waals surface area contributed by atoms with Crippen molar-refractivity contribution >= 4 is 9.84 Å². The van der Waals surface area contributed by atoms with Gasteiger partial charge in [0, 0.05) is 12.5 Å². The SMILES string of the molecule is O=S(=O)(CCCC(F)(F)F)CC[C@@H]1CCCN1. The van der Waals surface area contributed by atoms with Gasteiger partial charge in [0.25, 0.3) is 0 Å². The molecule has 7 heteroatoms. The van der Waals surface area contributed by atoms with Crippen molar-refractivity contribution in [1.29, 1.82) is 0 Å². The summed E-state index contributed by atoms with van der Waals surface area (Å²) in [6, 6.07) is 0.215. The summed E-state index contributed by atoms with van der Waals surface area (Å²) < 4.78 is 58.5. The Kier molecular flexibility index (Phi) is 5.24. The van der Waals surface area contributed by atoms with Crippen molar-refractivity contribution < 1.29 is 21.6 Å². The third-order valence-electron chi connectivity index (χ3n) is 2.86. The maximum Gasteiger partial charge on any atom is 0.389 e. The summed E-state index contributed by atoms with van der Waals surface area (Å²) in [5, 5.41) is 3.17. The fourth-order valence-corrected chi connectivity index (χ4v) is 3.35. The van der Waals surface area contributed by atoms with Crippen LogP contribution >= 0.6 is 0 Å². The van der Waals surface area contributed by atoms with E-state index in [9.17, 15) is 21.6 Å². The molecule has 1 heterocycles. The Morgan fingerprint density at radius 2 is 1.94 bits per heavy atom. The topological polar surface area (TPSA) is 46.2 Å². The van der Waals surface area contributed by atoms with Crippen LogP contribution in [-0.2, 0) is 9.84 Å². The van der Waals surface area contributed by atoms with Crippen LogP contribution < -0.4 is 5.32 Å². The van der Waals surface area contributed by atoms with Gasteiger partial charge in [-0.05, 0) is 32.2 Å². The molecule has 1 rings (SSSR count). The van der Waals surface area contributed by atoms with Gasteiger partial charge in [-0.2, -0.15) is 13.2 Å². The highest BCUT2D eigenvalue weighted by molar-refractivity contribution is 7.91.